The van der Waals surface area contributed by atoms with E-state index in [4.69, 9.17) is 9.47 Å². The summed E-state index contributed by atoms with van der Waals surface area (Å²) in [6.07, 6.45) is -4.27. The van der Waals surface area contributed by atoms with Gasteiger partial charge in [-0.15, -0.1) is 0 Å². The van der Waals surface area contributed by atoms with E-state index in [2.05, 4.69) is 5.32 Å². The molecule has 1 aromatic carbocycles. The molecule has 0 aliphatic carbocycles. The van der Waals surface area contributed by atoms with Crippen LogP contribution in [0.3, 0.4) is 0 Å². The molecule has 106 valence electrons. The lowest BCUT2D eigenvalue weighted by atomic mass is 10.1. The smallest absolute Gasteiger partial charge is 0.374 e. The number of alkyl halides is 3. The second-order valence-electron chi connectivity index (χ2n) is 4.41. The zero-order valence-electron chi connectivity index (χ0n) is 10.4. The SMILES string of the molecule is FC(F)(F)c1ccc(COCC2CNCCO2)cc1. The van der Waals surface area contributed by atoms with Crippen LogP contribution in [0.5, 0.6) is 0 Å². The zero-order chi connectivity index (χ0) is 13.7. The van der Waals surface area contributed by atoms with Crippen LogP contribution in [0.1, 0.15) is 11.1 Å². The average molecular weight is 275 g/mol. The molecule has 6 heteroatoms. The molecular weight excluding hydrogens is 259 g/mol. The van der Waals surface area contributed by atoms with Crippen LogP contribution in [0, 0.1) is 0 Å². The minimum Gasteiger partial charge on any atom is -0.374 e. The molecule has 0 spiro atoms. The Kier molecular flexibility index (Phi) is 4.79. The Hall–Kier alpha value is -1.11. The molecule has 0 aromatic heterocycles. The predicted molar refractivity (Wildman–Crippen MR) is 63.7 cm³/mol. The highest BCUT2D eigenvalue weighted by atomic mass is 19.4. The summed E-state index contributed by atoms with van der Waals surface area (Å²) < 4.78 is 48.0. The number of hydrogen-bond acceptors (Lipinski definition) is 3. The topological polar surface area (TPSA) is 30.5 Å². The number of halogens is 3. The van der Waals surface area contributed by atoms with Crippen LogP contribution >= 0.6 is 0 Å². The molecule has 1 aliphatic rings. The Bertz CT molecular complexity index is 386. The van der Waals surface area contributed by atoms with Gasteiger partial charge in [0.05, 0.1) is 31.5 Å². The summed E-state index contributed by atoms with van der Waals surface area (Å²) in [5, 5.41) is 3.18. The van der Waals surface area contributed by atoms with Crippen LogP contribution in [-0.4, -0.2) is 32.4 Å². The number of rotatable bonds is 4. The van der Waals surface area contributed by atoms with Crippen LogP contribution in [0.2, 0.25) is 0 Å². The fourth-order valence-electron chi connectivity index (χ4n) is 1.82. The molecule has 0 bridgehead atoms. The monoisotopic (exact) mass is 275 g/mol. The van der Waals surface area contributed by atoms with Crippen molar-refractivity contribution in [1.29, 1.82) is 0 Å². The van der Waals surface area contributed by atoms with Crippen molar-refractivity contribution in [3.8, 4) is 0 Å². The lowest BCUT2D eigenvalue weighted by molar-refractivity contribution is -0.137. The van der Waals surface area contributed by atoms with Crippen molar-refractivity contribution in [2.45, 2.75) is 18.9 Å². The van der Waals surface area contributed by atoms with Crippen molar-refractivity contribution in [2.75, 3.05) is 26.3 Å². The minimum atomic E-state index is -4.29. The van der Waals surface area contributed by atoms with Crippen molar-refractivity contribution >= 4 is 0 Å². The fraction of sp³-hybridized carbons (Fsp3) is 0.538. The van der Waals surface area contributed by atoms with E-state index in [1.807, 2.05) is 0 Å². The third-order valence-corrected chi connectivity index (χ3v) is 2.86. The van der Waals surface area contributed by atoms with Crippen molar-refractivity contribution in [3.05, 3.63) is 35.4 Å². The molecule has 1 saturated heterocycles. The van der Waals surface area contributed by atoms with Crippen molar-refractivity contribution < 1.29 is 22.6 Å². The Morgan fingerprint density at radius 2 is 2.00 bits per heavy atom. The van der Waals surface area contributed by atoms with Gasteiger partial charge in [-0.1, -0.05) is 12.1 Å². The van der Waals surface area contributed by atoms with Gasteiger partial charge in [-0.3, -0.25) is 0 Å². The minimum absolute atomic E-state index is 0.0169. The third-order valence-electron chi connectivity index (χ3n) is 2.86. The molecule has 1 fully saturated rings. The van der Waals surface area contributed by atoms with Gasteiger partial charge in [-0.05, 0) is 17.7 Å². The molecule has 1 aromatic rings. The molecule has 0 amide bonds. The summed E-state index contributed by atoms with van der Waals surface area (Å²) in [5.74, 6) is 0. The quantitative estimate of drug-likeness (QED) is 0.914. The highest BCUT2D eigenvalue weighted by Crippen LogP contribution is 2.29. The Morgan fingerprint density at radius 1 is 1.26 bits per heavy atom. The van der Waals surface area contributed by atoms with Crippen molar-refractivity contribution in [3.63, 3.8) is 0 Å². The summed E-state index contributed by atoms with van der Waals surface area (Å²) in [6, 6.07) is 5.00. The van der Waals surface area contributed by atoms with E-state index in [0.29, 0.717) is 13.2 Å². The van der Waals surface area contributed by atoms with Crippen LogP contribution in [0.15, 0.2) is 24.3 Å². The second-order valence-corrected chi connectivity index (χ2v) is 4.41. The molecule has 0 saturated carbocycles. The van der Waals surface area contributed by atoms with Gasteiger partial charge in [0.15, 0.2) is 0 Å². The maximum Gasteiger partial charge on any atom is 0.416 e. The predicted octanol–water partition coefficient (Wildman–Crippen LogP) is 2.21. The van der Waals surface area contributed by atoms with E-state index in [9.17, 15) is 13.2 Å². The van der Waals surface area contributed by atoms with E-state index in [1.165, 1.54) is 12.1 Å². The Labute approximate surface area is 109 Å². The van der Waals surface area contributed by atoms with Crippen LogP contribution in [-0.2, 0) is 22.3 Å². The molecular formula is C13H16F3NO2. The van der Waals surface area contributed by atoms with E-state index in [-0.39, 0.29) is 12.7 Å². The molecule has 2 rings (SSSR count). The number of nitrogens with one attached hydrogen (secondary N) is 1. The van der Waals surface area contributed by atoms with Crippen molar-refractivity contribution in [2.24, 2.45) is 0 Å². The zero-order valence-corrected chi connectivity index (χ0v) is 10.4. The first-order valence-electron chi connectivity index (χ1n) is 6.12. The summed E-state index contributed by atoms with van der Waals surface area (Å²) in [7, 11) is 0. The molecule has 1 atom stereocenters. The maximum atomic E-state index is 12.4. The molecule has 1 heterocycles. The number of hydrogen-bond donors (Lipinski definition) is 1. The Morgan fingerprint density at radius 3 is 2.58 bits per heavy atom. The first-order chi connectivity index (χ1) is 9.05. The van der Waals surface area contributed by atoms with Crippen LogP contribution in [0.4, 0.5) is 13.2 Å². The summed E-state index contributed by atoms with van der Waals surface area (Å²) in [5.41, 5.74) is 0.0767. The van der Waals surface area contributed by atoms with Gasteiger partial charge in [0.25, 0.3) is 0 Å². The molecule has 1 aliphatic heterocycles. The van der Waals surface area contributed by atoms with E-state index in [1.54, 1.807) is 0 Å². The second kappa shape index (κ2) is 6.36. The normalized spacial score (nSPS) is 20.5. The highest BCUT2D eigenvalue weighted by Gasteiger charge is 2.29. The maximum absolute atomic E-state index is 12.4. The lowest BCUT2D eigenvalue weighted by Gasteiger charge is -2.23. The summed E-state index contributed by atoms with van der Waals surface area (Å²) in [6.45, 7) is 2.97. The Balaban J connectivity index is 1.76. The van der Waals surface area contributed by atoms with Gasteiger partial charge in [-0.2, -0.15) is 13.2 Å². The van der Waals surface area contributed by atoms with E-state index in [0.717, 1.165) is 30.8 Å². The first-order valence-corrected chi connectivity index (χ1v) is 6.12. The van der Waals surface area contributed by atoms with Crippen molar-refractivity contribution in [1.82, 2.24) is 5.32 Å². The average Bonchev–Trinajstić information content (AvgIpc) is 2.39. The fourth-order valence-corrected chi connectivity index (χ4v) is 1.82. The molecule has 1 N–H and O–H groups in total. The number of benzene rings is 1. The number of morpholine rings is 1. The molecule has 1 unspecified atom stereocenters. The molecule has 19 heavy (non-hydrogen) atoms. The lowest BCUT2D eigenvalue weighted by Crippen LogP contribution is -2.40. The third kappa shape index (κ3) is 4.49. The number of ether oxygens (including phenoxy) is 2. The first kappa shape index (κ1) is 14.3. The largest absolute Gasteiger partial charge is 0.416 e. The van der Waals surface area contributed by atoms with E-state index < -0.39 is 11.7 Å². The van der Waals surface area contributed by atoms with Gasteiger partial charge in [-0.25, -0.2) is 0 Å². The van der Waals surface area contributed by atoms with Gasteiger partial charge in [0, 0.05) is 13.1 Å². The summed E-state index contributed by atoms with van der Waals surface area (Å²) >= 11 is 0. The van der Waals surface area contributed by atoms with E-state index >= 15 is 0 Å². The van der Waals surface area contributed by atoms with Gasteiger partial charge >= 0.3 is 6.18 Å². The van der Waals surface area contributed by atoms with Crippen LogP contribution < -0.4 is 5.32 Å². The van der Waals surface area contributed by atoms with Gasteiger partial charge in [0.1, 0.15) is 0 Å². The highest BCUT2D eigenvalue weighted by molar-refractivity contribution is 5.24. The standard InChI is InChI=1S/C13H16F3NO2/c14-13(15,16)11-3-1-10(2-4-11)8-18-9-12-7-17-5-6-19-12/h1-4,12,17H,5-9H2. The molecule has 0 radical (unpaired) electrons. The van der Waals surface area contributed by atoms with Gasteiger partial charge < -0.3 is 14.8 Å². The summed E-state index contributed by atoms with van der Waals surface area (Å²) in [4.78, 5) is 0. The van der Waals surface area contributed by atoms with Crippen LogP contribution in [0.25, 0.3) is 0 Å². The molecule has 3 nitrogen and oxygen atoms in total. The van der Waals surface area contributed by atoms with Gasteiger partial charge in [0.2, 0.25) is 0 Å².